The van der Waals surface area contributed by atoms with E-state index in [4.69, 9.17) is 17.3 Å². The molecule has 1 atom stereocenters. The number of hydrogen-bond acceptors (Lipinski definition) is 4. The van der Waals surface area contributed by atoms with E-state index in [2.05, 4.69) is 0 Å². The molecule has 0 aliphatic carbocycles. The van der Waals surface area contributed by atoms with Crippen LogP contribution in [0.4, 0.5) is 11.4 Å². The van der Waals surface area contributed by atoms with Crippen LogP contribution < -0.4 is 10.6 Å². The first-order valence-corrected chi connectivity index (χ1v) is 4.89. The zero-order valence-electron chi connectivity index (χ0n) is 8.09. The average molecular weight is 242 g/mol. The van der Waals surface area contributed by atoms with Gasteiger partial charge in [0.15, 0.2) is 0 Å². The van der Waals surface area contributed by atoms with Crippen molar-refractivity contribution in [2.45, 2.75) is 6.04 Å². The number of carbonyl (C=O) groups excluding carboxylic acids is 1. The van der Waals surface area contributed by atoms with Crippen LogP contribution in [0.5, 0.6) is 0 Å². The summed E-state index contributed by atoms with van der Waals surface area (Å²) in [5.74, 6) is -0.276. The Morgan fingerprint density at radius 1 is 1.56 bits per heavy atom. The van der Waals surface area contributed by atoms with Crippen molar-refractivity contribution in [2.75, 3.05) is 11.4 Å². The minimum atomic E-state index is -0.538. The van der Waals surface area contributed by atoms with E-state index in [9.17, 15) is 14.9 Å². The lowest BCUT2D eigenvalue weighted by Gasteiger charge is -2.36. The number of nitro benzene ring substituents is 1. The SMILES string of the molecule is NC1CN(c2cc([N+](=O)[O-])ccc2Cl)C1=O. The van der Waals surface area contributed by atoms with Crippen LogP contribution in [0.1, 0.15) is 0 Å². The molecule has 0 aromatic heterocycles. The maximum atomic E-state index is 11.4. The van der Waals surface area contributed by atoms with Crippen LogP contribution in [0.2, 0.25) is 5.02 Å². The normalized spacial score (nSPS) is 19.5. The van der Waals surface area contributed by atoms with Crippen LogP contribution in [0.25, 0.3) is 0 Å². The topological polar surface area (TPSA) is 89.5 Å². The Hall–Kier alpha value is -1.66. The summed E-state index contributed by atoms with van der Waals surface area (Å²) in [6, 6.07) is 3.42. The van der Waals surface area contributed by atoms with Gasteiger partial charge in [-0.15, -0.1) is 0 Å². The fraction of sp³-hybridized carbons (Fsp3) is 0.222. The molecule has 84 valence electrons. The predicted octanol–water partition coefficient (Wildman–Crippen LogP) is 0.922. The van der Waals surface area contributed by atoms with Crippen molar-refractivity contribution < 1.29 is 9.72 Å². The van der Waals surface area contributed by atoms with Gasteiger partial charge < -0.3 is 10.6 Å². The third kappa shape index (κ3) is 1.62. The van der Waals surface area contributed by atoms with E-state index in [1.165, 1.54) is 23.1 Å². The number of rotatable bonds is 2. The summed E-state index contributed by atoms with van der Waals surface area (Å²) in [5, 5.41) is 10.9. The van der Waals surface area contributed by atoms with E-state index in [0.717, 1.165) is 0 Å². The van der Waals surface area contributed by atoms with E-state index in [0.29, 0.717) is 17.3 Å². The lowest BCUT2D eigenvalue weighted by molar-refractivity contribution is -0.384. The standard InChI is InChI=1S/C9H8ClN3O3/c10-6-2-1-5(13(15)16)3-8(6)12-4-7(11)9(12)14/h1-3,7H,4,11H2. The van der Waals surface area contributed by atoms with Crippen molar-refractivity contribution in [2.24, 2.45) is 5.73 Å². The second-order valence-electron chi connectivity index (χ2n) is 3.45. The molecule has 2 N–H and O–H groups in total. The molecule has 1 saturated heterocycles. The van der Waals surface area contributed by atoms with Crippen LogP contribution in [0.15, 0.2) is 18.2 Å². The number of hydrogen-bond donors (Lipinski definition) is 1. The monoisotopic (exact) mass is 241 g/mol. The Morgan fingerprint density at radius 2 is 2.25 bits per heavy atom. The maximum absolute atomic E-state index is 11.4. The molecule has 0 bridgehead atoms. The largest absolute Gasteiger partial charge is 0.318 e. The number of halogens is 1. The number of non-ortho nitro benzene ring substituents is 1. The van der Waals surface area contributed by atoms with Gasteiger partial charge in [0.05, 0.1) is 22.2 Å². The van der Waals surface area contributed by atoms with Gasteiger partial charge >= 0.3 is 0 Å². The molecule has 0 spiro atoms. The lowest BCUT2D eigenvalue weighted by Crippen LogP contribution is -2.61. The van der Waals surface area contributed by atoms with Crippen LogP contribution >= 0.6 is 11.6 Å². The molecule has 0 saturated carbocycles. The molecule has 2 rings (SSSR count). The molecule has 0 radical (unpaired) electrons. The van der Waals surface area contributed by atoms with Crippen molar-refractivity contribution >= 4 is 28.9 Å². The number of anilines is 1. The smallest absolute Gasteiger partial charge is 0.271 e. The second kappa shape index (κ2) is 3.73. The molecular weight excluding hydrogens is 234 g/mol. The molecule has 1 unspecified atom stereocenters. The molecule has 1 aromatic carbocycles. The number of nitrogens with zero attached hydrogens (tertiary/aromatic N) is 2. The van der Waals surface area contributed by atoms with Gasteiger partial charge in [-0.05, 0) is 6.07 Å². The van der Waals surface area contributed by atoms with Gasteiger partial charge in [-0.3, -0.25) is 14.9 Å². The van der Waals surface area contributed by atoms with Gasteiger partial charge in [0.1, 0.15) is 6.04 Å². The average Bonchev–Trinajstić information content (AvgIpc) is 2.26. The first-order chi connectivity index (χ1) is 7.50. The summed E-state index contributed by atoms with van der Waals surface area (Å²) in [4.78, 5) is 22.7. The number of benzene rings is 1. The molecule has 1 aliphatic rings. The minimum absolute atomic E-state index is 0.104. The second-order valence-corrected chi connectivity index (χ2v) is 3.86. The minimum Gasteiger partial charge on any atom is -0.318 e. The van der Waals surface area contributed by atoms with Crippen LogP contribution in [0.3, 0.4) is 0 Å². The van der Waals surface area contributed by atoms with E-state index in [1.807, 2.05) is 0 Å². The van der Waals surface area contributed by atoms with E-state index in [1.54, 1.807) is 0 Å². The Kier molecular flexibility index (Phi) is 2.53. The molecule has 7 heteroatoms. The molecular formula is C9H8ClN3O3. The third-order valence-electron chi connectivity index (χ3n) is 2.39. The molecule has 16 heavy (non-hydrogen) atoms. The Balaban J connectivity index is 2.37. The summed E-state index contributed by atoms with van der Waals surface area (Å²) in [7, 11) is 0. The molecule has 6 nitrogen and oxygen atoms in total. The number of nitrogens with two attached hydrogens (primary N) is 1. The van der Waals surface area contributed by atoms with Gasteiger partial charge in [-0.1, -0.05) is 11.6 Å². The fourth-order valence-electron chi connectivity index (χ4n) is 1.49. The Labute approximate surface area is 95.7 Å². The highest BCUT2D eigenvalue weighted by Gasteiger charge is 2.36. The number of nitro groups is 1. The van der Waals surface area contributed by atoms with E-state index in [-0.39, 0.29) is 11.6 Å². The first-order valence-electron chi connectivity index (χ1n) is 4.51. The quantitative estimate of drug-likeness (QED) is 0.474. The van der Waals surface area contributed by atoms with Gasteiger partial charge in [0.2, 0.25) is 5.91 Å². The van der Waals surface area contributed by atoms with Crippen LogP contribution in [-0.2, 0) is 4.79 Å². The number of carbonyl (C=O) groups is 1. The summed E-state index contributed by atoms with van der Waals surface area (Å²) in [6.07, 6.45) is 0. The zero-order chi connectivity index (χ0) is 11.9. The van der Waals surface area contributed by atoms with Crippen LogP contribution in [0, 0.1) is 10.1 Å². The molecule has 1 fully saturated rings. The van der Waals surface area contributed by atoms with Crippen molar-refractivity contribution in [1.29, 1.82) is 0 Å². The van der Waals surface area contributed by atoms with E-state index >= 15 is 0 Å². The van der Waals surface area contributed by atoms with Crippen molar-refractivity contribution in [3.8, 4) is 0 Å². The lowest BCUT2D eigenvalue weighted by atomic mass is 10.1. The highest BCUT2D eigenvalue weighted by atomic mass is 35.5. The number of amides is 1. The molecule has 1 aromatic rings. The van der Waals surface area contributed by atoms with E-state index < -0.39 is 11.0 Å². The van der Waals surface area contributed by atoms with Gasteiger partial charge in [-0.2, -0.15) is 0 Å². The predicted molar refractivity (Wildman–Crippen MR) is 58.4 cm³/mol. The summed E-state index contributed by atoms with van der Waals surface area (Å²) >= 11 is 5.86. The van der Waals surface area contributed by atoms with Gasteiger partial charge in [-0.25, -0.2) is 0 Å². The van der Waals surface area contributed by atoms with Gasteiger partial charge in [0, 0.05) is 12.1 Å². The third-order valence-corrected chi connectivity index (χ3v) is 2.71. The first kappa shape index (κ1) is 10.8. The van der Waals surface area contributed by atoms with Crippen LogP contribution in [-0.4, -0.2) is 23.4 Å². The molecule has 1 amide bonds. The van der Waals surface area contributed by atoms with Crippen molar-refractivity contribution in [3.05, 3.63) is 33.3 Å². The van der Waals surface area contributed by atoms with Crippen molar-refractivity contribution in [1.82, 2.24) is 0 Å². The summed E-state index contributed by atoms with van der Waals surface area (Å²) in [6.45, 7) is 0.333. The zero-order valence-corrected chi connectivity index (χ0v) is 8.85. The Morgan fingerprint density at radius 3 is 2.75 bits per heavy atom. The fourth-order valence-corrected chi connectivity index (χ4v) is 1.71. The molecule has 1 heterocycles. The van der Waals surface area contributed by atoms with Crippen molar-refractivity contribution in [3.63, 3.8) is 0 Å². The Bertz CT molecular complexity index is 477. The maximum Gasteiger partial charge on any atom is 0.271 e. The highest BCUT2D eigenvalue weighted by molar-refractivity contribution is 6.34. The van der Waals surface area contributed by atoms with Gasteiger partial charge in [0.25, 0.3) is 5.69 Å². The highest BCUT2D eigenvalue weighted by Crippen LogP contribution is 2.32. The summed E-state index contributed by atoms with van der Waals surface area (Å²) < 4.78 is 0. The number of β-lactam (4-membered cyclic amide) rings is 1. The summed E-state index contributed by atoms with van der Waals surface area (Å²) in [5.41, 5.74) is 5.66. The molecule has 1 aliphatic heterocycles.